The van der Waals surface area contributed by atoms with E-state index in [1.54, 1.807) is 13.2 Å². The molecule has 0 fully saturated rings. The summed E-state index contributed by atoms with van der Waals surface area (Å²) in [5, 5.41) is 0. The molecule has 0 aliphatic rings. The fraction of sp³-hybridized carbons (Fsp3) is 0.231. The van der Waals surface area contributed by atoms with Crippen LogP contribution in [-0.2, 0) is 6.42 Å². The van der Waals surface area contributed by atoms with Gasteiger partial charge in [-0.05, 0) is 24.3 Å². The number of nitrogen functional groups attached to an aromatic ring is 1. The third-order valence-electron chi connectivity index (χ3n) is 2.49. The van der Waals surface area contributed by atoms with E-state index in [0.29, 0.717) is 5.82 Å². The summed E-state index contributed by atoms with van der Waals surface area (Å²) < 4.78 is 5.12. The van der Waals surface area contributed by atoms with Crippen molar-refractivity contribution < 1.29 is 4.74 Å². The van der Waals surface area contributed by atoms with E-state index < -0.39 is 0 Å². The second-order valence-corrected chi connectivity index (χ2v) is 3.68. The van der Waals surface area contributed by atoms with Gasteiger partial charge >= 0.3 is 0 Å². The molecule has 0 aliphatic heterocycles. The van der Waals surface area contributed by atoms with Crippen LogP contribution < -0.4 is 10.5 Å². The van der Waals surface area contributed by atoms with Gasteiger partial charge in [0.2, 0.25) is 0 Å². The lowest BCUT2D eigenvalue weighted by Gasteiger charge is -2.05. The molecule has 0 amide bonds. The van der Waals surface area contributed by atoms with Gasteiger partial charge in [-0.3, -0.25) is 0 Å². The van der Waals surface area contributed by atoms with Crippen LogP contribution in [0.5, 0.6) is 5.75 Å². The van der Waals surface area contributed by atoms with Gasteiger partial charge < -0.3 is 10.5 Å². The fourth-order valence-corrected chi connectivity index (χ4v) is 1.59. The molecule has 0 aliphatic carbocycles. The monoisotopic (exact) mass is 229 g/mol. The van der Waals surface area contributed by atoms with Crippen molar-refractivity contribution in [1.82, 2.24) is 9.97 Å². The zero-order valence-electron chi connectivity index (χ0n) is 9.97. The van der Waals surface area contributed by atoms with E-state index in [1.165, 1.54) is 0 Å². The number of anilines is 1. The first-order chi connectivity index (χ1) is 8.22. The number of benzene rings is 1. The van der Waals surface area contributed by atoms with Crippen LogP contribution >= 0.6 is 0 Å². The van der Waals surface area contributed by atoms with Crippen molar-refractivity contribution in [3.63, 3.8) is 0 Å². The number of nitrogens with two attached hydrogens (primary N) is 1. The van der Waals surface area contributed by atoms with Gasteiger partial charge in [0.25, 0.3) is 0 Å². The predicted octanol–water partition coefficient (Wildman–Crippen LogP) is 2.30. The molecular weight excluding hydrogens is 214 g/mol. The van der Waals surface area contributed by atoms with Crippen molar-refractivity contribution in [3.8, 4) is 17.0 Å². The van der Waals surface area contributed by atoms with Gasteiger partial charge in [0.15, 0.2) is 0 Å². The number of aryl methyl sites for hydroxylation is 1. The molecule has 88 valence electrons. The normalized spacial score (nSPS) is 10.2. The molecule has 2 rings (SSSR count). The highest BCUT2D eigenvalue weighted by Crippen LogP contribution is 2.21. The Morgan fingerprint density at radius 2 is 1.88 bits per heavy atom. The SMILES string of the molecule is CCc1nc(N)cc(-c2ccc(OC)cc2)n1. The van der Waals surface area contributed by atoms with Crippen molar-refractivity contribution in [1.29, 1.82) is 0 Å². The number of nitrogens with zero attached hydrogens (tertiary/aromatic N) is 2. The Kier molecular flexibility index (Phi) is 3.23. The summed E-state index contributed by atoms with van der Waals surface area (Å²) in [5.41, 5.74) is 7.61. The van der Waals surface area contributed by atoms with Gasteiger partial charge in [-0.25, -0.2) is 9.97 Å². The first-order valence-electron chi connectivity index (χ1n) is 5.50. The quantitative estimate of drug-likeness (QED) is 0.877. The number of ether oxygens (including phenoxy) is 1. The molecule has 0 unspecified atom stereocenters. The van der Waals surface area contributed by atoms with Gasteiger partial charge in [-0.2, -0.15) is 0 Å². The molecule has 2 N–H and O–H groups in total. The summed E-state index contributed by atoms with van der Waals surface area (Å²) in [6, 6.07) is 9.50. The molecular formula is C13H15N3O. The van der Waals surface area contributed by atoms with Crippen molar-refractivity contribution in [2.45, 2.75) is 13.3 Å². The highest BCUT2D eigenvalue weighted by atomic mass is 16.5. The van der Waals surface area contributed by atoms with Gasteiger partial charge in [-0.1, -0.05) is 6.92 Å². The Balaban J connectivity index is 2.41. The number of methoxy groups -OCH3 is 1. The minimum atomic E-state index is 0.502. The molecule has 0 bridgehead atoms. The Morgan fingerprint density at radius 1 is 1.18 bits per heavy atom. The molecule has 1 heterocycles. The Labute approximate surface area is 100 Å². The number of aromatic nitrogens is 2. The van der Waals surface area contributed by atoms with E-state index in [0.717, 1.165) is 29.3 Å². The Hall–Kier alpha value is -2.10. The lowest BCUT2D eigenvalue weighted by Crippen LogP contribution is -2.00. The molecule has 0 saturated carbocycles. The van der Waals surface area contributed by atoms with E-state index in [1.807, 2.05) is 31.2 Å². The van der Waals surface area contributed by atoms with Gasteiger partial charge in [0, 0.05) is 18.1 Å². The Morgan fingerprint density at radius 3 is 2.47 bits per heavy atom. The largest absolute Gasteiger partial charge is 0.497 e. The minimum Gasteiger partial charge on any atom is -0.497 e. The summed E-state index contributed by atoms with van der Waals surface area (Å²) >= 11 is 0. The lowest BCUT2D eigenvalue weighted by atomic mass is 10.1. The van der Waals surface area contributed by atoms with Crippen LogP contribution in [0.15, 0.2) is 30.3 Å². The van der Waals surface area contributed by atoms with E-state index in [-0.39, 0.29) is 0 Å². The zero-order valence-corrected chi connectivity index (χ0v) is 9.97. The van der Waals surface area contributed by atoms with E-state index in [9.17, 15) is 0 Å². The summed E-state index contributed by atoms with van der Waals surface area (Å²) in [5.74, 6) is 2.09. The summed E-state index contributed by atoms with van der Waals surface area (Å²) in [6.07, 6.45) is 0.772. The topological polar surface area (TPSA) is 61.0 Å². The average Bonchev–Trinajstić information content (AvgIpc) is 2.38. The van der Waals surface area contributed by atoms with Crippen LogP contribution in [0.3, 0.4) is 0 Å². The van der Waals surface area contributed by atoms with Crippen LogP contribution in [0, 0.1) is 0 Å². The maximum Gasteiger partial charge on any atom is 0.131 e. The minimum absolute atomic E-state index is 0.502. The number of hydrogen-bond donors (Lipinski definition) is 1. The Bertz CT molecular complexity index is 509. The first kappa shape index (κ1) is 11.4. The van der Waals surface area contributed by atoms with Gasteiger partial charge in [0.05, 0.1) is 12.8 Å². The second-order valence-electron chi connectivity index (χ2n) is 3.68. The average molecular weight is 229 g/mol. The van der Waals surface area contributed by atoms with Gasteiger partial charge in [-0.15, -0.1) is 0 Å². The molecule has 0 atom stereocenters. The van der Waals surface area contributed by atoms with Crippen molar-refractivity contribution in [3.05, 3.63) is 36.2 Å². The highest BCUT2D eigenvalue weighted by Gasteiger charge is 2.04. The fourth-order valence-electron chi connectivity index (χ4n) is 1.59. The standard InChI is InChI=1S/C13H15N3O/c1-3-13-15-11(8-12(14)16-13)9-4-6-10(17-2)7-5-9/h4-8H,3H2,1-2H3,(H2,14,15,16). The van der Waals surface area contributed by atoms with Crippen LogP contribution in [0.2, 0.25) is 0 Å². The third-order valence-corrected chi connectivity index (χ3v) is 2.49. The molecule has 4 heteroatoms. The van der Waals surface area contributed by atoms with Crippen LogP contribution in [-0.4, -0.2) is 17.1 Å². The first-order valence-corrected chi connectivity index (χ1v) is 5.50. The molecule has 1 aromatic heterocycles. The highest BCUT2D eigenvalue weighted by molar-refractivity contribution is 5.62. The maximum absolute atomic E-state index is 5.75. The van der Waals surface area contributed by atoms with Crippen molar-refractivity contribution >= 4 is 5.82 Å². The number of rotatable bonds is 3. The van der Waals surface area contributed by atoms with E-state index in [2.05, 4.69) is 9.97 Å². The van der Waals surface area contributed by atoms with Crippen LogP contribution in [0.4, 0.5) is 5.82 Å². The van der Waals surface area contributed by atoms with Gasteiger partial charge in [0.1, 0.15) is 17.4 Å². The summed E-state index contributed by atoms with van der Waals surface area (Å²) in [6.45, 7) is 2.01. The summed E-state index contributed by atoms with van der Waals surface area (Å²) in [7, 11) is 1.65. The van der Waals surface area contributed by atoms with Crippen LogP contribution in [0.25, 0.3) is 11.3 Å². The molecule has 1 aromatic carbocycles. The van der Waals surface area contributed by atoms with E-state index in [4.69, 9.17) is 10.5 Å². The van der Waals surface area contributed by atoms with Crippen molar-refractivity contribution in [2.24, 2.45) is 0 Å². The molecule has 0 saturated heterocycles. The van der Waals surface area contributed by atoms with Crippen LogP contribution in [0.1, 0.15) is 12.7 Å². The molecule has 0 spiro atoms. The smallest absolute Gasteiger partial charge is 0.131 e. The van der Waals surface area contributed by atoms with Crippen molar-refractivity contribution in [2.75, 3.05) is 12.8 Å². The molecule has 0 radical (unpaired) electrons. The zero-order chi connectivity index (χ0) is 12.3. The second kappa shape index (κ2) is 4.82. The maximum atomic E-state index is 5.75. The molecule has 2 aromatic rings. The van der Waals surface area contributed by atoms with E-state index >= 15 is 0 Å². The molecule has 17 heavy (non-hydrogen) atoms. The lowest BCUT2D eigenvalue weighted by molar-refractivity contribution is 0.415. The predicted molar refractivity (Wildman–Crippen MR) is 67.8 cm³/mol. The molecule has 4 nitrogen and oxygen atoms in total. The summed E-state index contributed by atoms with van der Waals surface area (Å²) in [4.78, 5) is 8.60. The third kappa shape index (κ3) is 2.53. The number of hydrogen-bond acceptors (Lipinski definition) is 4.